The number of rotatable bonds is 19. The number of unbranched alkanes of at least 4 members (excludes halogenated alkanes) is 2. The van der Waals surface area contributed by atoms with E-state index in [4.69, 9.17) is 0 Å². The quantitative estimate of drug-likeness (QED) is 0.168. The Kier molecular flexibility index (Phi) is 15.0. The van der Waals surface area contributed by atoms with Gasteiger partial charge in [-0.3, -0.25) is 4.48 Å². The van der Waals surface area contributed by atoms with Gasteiger partial charge < -0.3 is 5.11 Å². The minimum atomic E-state index is 0.588. The van der Waals surface area contributed by atoms with Crippen LogP contribution in [0.3, 0.4) is 0 Å². The Labute approximate surface area is 255 Å². The van der Waals surface area contributed by atoms with Gasteiger partial charge in [0.25, 0.3) is 0 Å². The van der Waals surface area contributed by atoms with Crippen molar-refractivity contribution < 1.29 is 5.11 Å². The summed E-state index contributed by atoms with van der Waals surface area (Å²) >= 11 is 0. The monoisotopic (exact) mass is 565 g/mol. The van der Waals surface area contributed by atoms with E-state index in [0.717, 1.165) is 36.7 Å². The van der Waals surface area contributed by atoms with Crippen molar-refractivity contribution in [2.24, 2.45) is 23.7 Å². The van der Waals surface area contributed by atoms with Gasteiger partial charge in [0.05, 0.1) is 14.1 Å². The molecule has 2 atom stereocenters. The smallest absolute Gasteiger partial charge is 0.139 e. The van der Waals surface area contributed by atoms with Gasteiger partial charge in [-0.1, -0.05) is 125 Å². The number of para-hydroxylation sites is 1. The molecule has 0 spiro atoms. The van der Waals surface area contributed by atoms with Gasteiger partial charge in [-0.15, -0.1) is 0 Å². The number of benzene rings is 2. The third-order valence-corrected chi connectivity index (χ3v) is 9.07. The highest BCUT2D eigenvalue weighted by atomic mass is 16.3. The summed E-state index contributed by atoms with van der Waals surface area (Å²) in [5, 5.41) is 11.6. The topological polar surface area (TPSA) is 20.2 Å². The Morgan fingerprint density at radius 1 is 0.659 bits per heavy atom. The molecule has 0 radical (unpaired) electrons. The van der Waals surface area contributed by atoms with Crippen LogP contribution in [-0.2, 0) is 32.2 Å². The van der Waals surface area contributed by atoms with E-state index in [0.29, 0.717) is 29.4 Å². The third kappa shape index (κ3) is 11.1. The standard InChI is InChI=1S/C39H65NO/c1-11-15-18-31(13-3)24-36-26-33(27-37(39(36)41)25-32(14-4)19-16-12-2)28-40(9,10)38-34(22-29(5)6)20-17-21-35(38)23-30(7)8/h17,20-21,26-27,29-32H,11-16,18-19,22-25,28H2,1-10H3/p+1. The first-order valence-electron chi connectivity index (χ1n) is 17.2. The van der Waals surface area contributed by atoms with E-state index in [1.54, 1.807) is 0 Å². The lowest BCUT2D eigenvalue weighted by Gasteiger charge is -2.34. The molecule has 0 fully saturated rings. The van der Waals surface area contributed by atoms with Crippen LogP contribution < -0.4 is 4.48 Å². The van der Waals surface area contributed by atoms with Gasteiger partial charge in [-0.05, 0) is 72.6 Å². The number of hydrogen-bond donors (Lipinski definition) is 1. The molecule has 41 heavy (non-hydrogen) atoms. The molecule has 2 aromatic rings. The molecule has 0 saturated carbocycles. The average Bonchev–Trinajstić information content (AvgIpc) is 2.90. The number of phenolic OH excluding ortho intramolecular Hbond substituents is 1. The van der Waals surface area contributed by atoms with Crippen molar-refractivity contribution in [3.8, 4) is 5.75 Å². The zero-order chi connectivity index (χ0) is 30.6. The molecule has 0 aliphatic heterocycles. The zero-order valence-electron chi connectivity index (χ0n) is 28.8. The van der Waals surface area contributed by atoms with Gasteiger partial charge in [-0.25, -0.2) is 0 Å². The maximum absolute atomic E-state index is 11.6. The van der Waals surface area contributed by atoms with Crippen LogP contribution in [-0.4, -0.2) is 19.2 Å². The van der Waals surface area contributed by atoms with E-state index < -0.39 is 0 Å². The van der Waals surface area contributed by atoms with E-state index in [1.807, 2.05) is 0 Å². The second kappa shape index (κ2) is 17.3. The van der Waals surface area contributed by atoms with Crippen molar-refractivity contribution in [3.63, 3.8) is 0 Å². The Hall–Kier alpha value is -1.80. The molecule has 232 valence electrons. The number of nitrogens with zero attached hydrogens (tertiary/aromatic N) is 1. The molecule has 2 nitrogen and oxygen atoms in total. The molecule has 0 aliphatic rings. The summed E-state index contributed by atoms with van der Waals surface area (Å²) in [6, 6.07) is 11.7. The Balaban J connectivity index is 2.59. The first kappa shape index (κ1) is 35.4. The summed E-state index contributed by atoms with van der Waals surface area (Å²) in [6.45, 7) is 19.5. The van der Waals surface area contributed by atoms with Gasteiger partial charge in [-0.2, -0.15) is 0 Å². The number of quaternary nitrogens is 1. The first-order chi connectivity index (χ1) is 19.4. The Morgan fingerprint density at radius 3 is 1.46 bits per heavy atom. The number of hydrogen-bond acceptors (Lipinski definition) is 1. The minimum absolute atomic E-state index is 0.588. The lowest BCUT2D eigenvalue weighted by Crippen LogP contribution is -2.41. The van der Waals surface area contributed by atoms with Crippen LogP contribution >= 0.6 is 0 Å². The number of phenols is 1. The van der Waals surface area contributed by atoms with Crippen molar-refractivity contribution in [2.75, 3.05) is 14.1 Å². The van der Waals surface area contributed by atoms with Crippen molar-refractivity contribution in [1.29, 1.82) is 0 Å². The van der Waals surface area contributed by atoms with Crippen LogP contribution in [0.1, 0.15) is 135 Å². The second-order valence-corrected chi connectivity index (χ2v) is 14.5. The van der Waals surface area contributed by atoms with Crippen LogP contribution in [0, 0.1) is 23.7 Å². The van der Waals surface area contributed by atoms with Gasteiger partial charge in [0, 0.05) is 16.7 Å². The van der Waals surface area contributed by atoms with E-state index in [1.165, 1.54) is 84.9 Å². The molecule has 0 aromatic heterocycles. The predicted octanol–water partition coefficient (Wildman–Crippen LogP) is 11.1. The highest BCUT2D eigenvalue weighted by Gasteiger charge is 2.29. The van der Waals surface area contributed by atoms with E-state index in [9.17, 15) is 5.11 Å². The molecule has 0 amide bonds. The molecule has 2 heteroatoms. The van der Waals surface area contributed by atoms with Crippen LogP contribution in [0.4, 0.5) is 5.69 Å². The average molecular weight is 565 g/mol. The molecule has 0 heterocycles. The zero-order valence-corrected chi connectivity index (χ0v) is 28.8. The summed E-state index contributed by atoms with van der Waals surface area (Å²) in [5.74, 6) is 3.11. The van der Waals surface area contributed by atoms with E-state index in [-0.39, 0.29) is 0 Å². The molecule has 2 unspecified atom stereocenters. The van der Waals surface area contributed by atoms with Gasteiger partial charge in [0.15, 0.2) is 0 Å². The fourth-order valence-electron chi connectivity index (χ4n) is 6.91. The van der Waals surface area contributed by atoms with E-state index in [2.05, 4.69) is 99.8 Å². The molecular weight excluding hydrogens is 498 g/mol. The molecule has 2 rings (SSSR count). The lowest BCUT2D eigenvalue weighted by molar-refractivity contribution is 0.379. The van der Waals surface area contributed by atoms with Gasteiger partial charge >= 0.3 is 0 Å². The van der Waals surface area contributed by atoms with E-state index >= 15 is 0 Å². The largest absolute Gasteiger partial charge is 0.507 e. The summed E-state index contributed by atoms with van der Waals surface area (Å²) < 4.78 is 0.842. The summed E-state index contributed by atoms with van der Waals surface area (Å²) in [7, 11) is 4.81. The molecule has 2 aromatic carbocycles. The highest BCUT2D eigenvalue weighted by molar-refractivity contribution is 5.57. The van der Waals surface area contributed by atoms with Gasteiger partial charge in [0.2, 0.25) is 0 Å². The normalized spacial score (nSPS) is 13.8. The van der Waals surface area contributed by atoms with Crippen LogP contribution in [0.25, 0.3) is 0 Å². The molecule has 1 N–H and O–H groups in total. The van der Waals surface area contributed by atoms with Crippen LogP contribution in [0.2, 0.25) is 0 Å². The number of aromatic hydroxyl groups is 1. The van der Waals surface area contributed by atoms with Crippen molar-refractivity contribution in [2.45, 2.75) is 139 Å². The summed E-state index contributed by atoms with van der Waals surface area (Å²) in [6.07, 6.45) is 14.1. The highest BCUT2D eigenvalue weighted by Crippen LogP contribution is 2.37. The van der Waals surface area contributed by atoms with Crippen LogP contribution in [0.5, 0.6) is 5.75 Å². The lowest BCUT2D eigenvalue weighted by atomic mass is 9.86. The fraction of sp³-hybridized carbons (Fsp3) is 0.692. The Bertz CT molecular complexity index is 967. The summed E-state index contributed by atoms with van der Waals surface area (Å²) in [5.41, 5.74) is 8.25. The van der Waals surface area contributed by atoms with Crippen molar-refractivity contribution >= 4 is 5.69 Å². The SMILES string of the molecule is CCCCC(CC)Cc1cc(C[N+](C)(C)c2c(CC(C)C)cccc2CC(C)C)cc(CC(CC)CCCC)c1O. The molecule has 0 aliphatic carbocycles. The van der Waals surface area contributed by atoms with Crippen molar-refractivity contribution in [1.82, 2.24) is 4.48 Å². The maximum Gasteiger partial charge on any atom is 0.139 e. The fourth-order valence-corrected chi connectivity index (χ4v) is 6.91. The molecule has 0 saturated heterocycles. The molecule has 0 bridgehead atoms. The van der Waals surface area contributed by atoms with Gasteiger partial charge in [0.1, 0.15) is 18.0 Å². The second-order valence-electron chi connectivity index (χ2n) is 14.5. The van der Waals surface area contributed by atoms with Crippen molar-refractivity contribution in [3.05, 3.63) is 58.1 Å². The summed E-state index contributed by atoms with van der Waals surface area (Å²) in [4.78, 5) is 0. The first-order valence-corrected chi connectivity index (χ1v) is 17.2. The molecular formula is C39H66NO+. The third-order valence-electron chi connectivity index (χ3n) is 9.07. The maximum atomic E-state index is 11.6. The minimum Gasteiger partial charge on any atom is -0.507 e. The van der Waals surface area contributed by atoms with Crippen LogP contribution in [0.15, 0.2) is 30.3 Å². The Morgan fingerprint density at radius 2 is 1.10 bits per heavy atom. The predicted molar refractivity (Wildman–Crippen MR) is 183 cm³/mol.